The zero-order valence-electron chi connectivity index (χ0n) is 17.9. The van der Waals surface area contributed by atoms with Gasteiger partial charge in [-0.15, -0.1) is 0 Å². The normalized spacial score (nSPS) is 12.4. The van der Waals surface area contributed by atoms with Crippen LogP contribution < -0.4 is 21.7 Å². The largest absolute Gasteiger partial charge is 0.466 e. The van der Waals surface area contributed by atoms with Gasteiger partial charge < -0.3 is 31.4 Å². The molecule has 0 saturated carbocycles. The fraction of sp³-hybridized carbons (Fsp3) is 0.381. The van der Waals surface area contributed by atoms with Crippen molar-refractivity contribution >= 4 is 40.5 Å². The lowest BCUT2D eigenvalue weighted by molar-refractivity contribution is -0.143. The predicted molar refractivity (Wildman–Crippen MR) is 115 cm³/mol. The van der Waals surface area contributed by atoms with Crippen molar-refractivity contribution in [2.45, 2.75) is 38.8 Å². The van der Waals surface area contributed by atoms with Crippen LogP contribution in [0.5, 0.6) is 0 Å². The Balaban J connectivity index is 1.80. The molecule has 1 heterocycles. The number of para-hydroxylation sites is 1. The molecule has 1 aromatic heterocycles. The number of amides is 4. The lowest BCUT2D eigenvalue weighted by atomic mass is 10.1. The predicted octanol–water partition coefficient (Wildman–Crippen LogP) is -0.284. The van der Waals surface area contributed by atoms with Crippen LogP contribution in [0.3, 0.4) is 0 Å². The van der Waals surface area contributed by atoms with Crippen LogP contribution in [0, 0.1) is 0 Å². The molecular weight excluding hydrogens is 418 g/mol. The number of hydrogen-bond donors (Lipinski definition) is 5. The van der Waals surface area contributed by atoms with Gasteiger partial charge in [-0.2, -0.15) is 0 Å². The minimum absolute atomic E-state index is 0.0267. The second kappa shape index (κ2) is 11.5. The van der Waals surface area contributed by atoms with Crippen LogP contribution in [0.4, 0.5) is 0 Å². The highest BCUT2D eigenvalue weighted by atomic mass is 16.5. The van der Waals surface area contributed by atoms with Crippen LogP contribution >= 0.6 is 0 Å². The van der Waals surface area contributed by atoms with Gasteiger partial charge in [-0.1, -0.05) is 18.2 Å². The highest BCUT2D eigenvalue weighted by molar-refractivity contribution is 6.00. The summed E-state index contributed by atoms with van der Waals surface area (Å²) in [6.07, 6.45) is -0.122. The van der Waals surface area contributed by atoms with Crippen molar-refractivity contribution in [1.29, 1.82) is 0 Å². The number of esters is 1. The van der Waals surface area contributed by atoms with Gasteiger partial charge in [-0.05, 0) is 32.4 Å². The van der Waals surface area contributed by atoms with Crippen LogP contribution in [0.1, 0.15) is 37.2 Å². The molecule has 0 aliphatic heterocycles. The van der Waals surface area contributed by atoms with E-state index in [4.69, 9.17) is 10.5 Å². The second-order valence-corrected chi connectivity index (χ2v) is 7.05. The molecule has 2 rings (SSSR count). The van der Waals surface area contributed by atoms with Gasteiger partial charge in [0.1, 0.15) is 17.8 Å². The number of primary amides is 1. The van der Waals surface area contributed by atoms with Gasteiger partial charge in [-0.3, -0.25) is 24.0 Å². The first kappa shape index (κ1) is 24.4. The van der Waals surface area contributed by atoms with Crippen molar-refractivity contribution in [3.8, 4) is 0 Å². The Hall–Kier alpha value is -3.89. The molecule has 0 saturated heterocycles. The topological polar surface area (TPSA) is 172 Å². The summed E-state index contributed by atoms with van der Waals surface area (Å²) in [5.74, 6) is -3.06. The maximum Gasteiger partial charge on any atom is 0.305 e. The molecule has 1 aromatic carbocycles. The Kier molecular flexibility index (Phi) is 8.75. The monoisotopic (exact) mass is 445 g/mol. The van der Waals surface area contributed by atoms with E-state index in [1.165, 1.54) is 6.92 Å². The smallest absolute Gasteiger partial charge is 0.305 e. The average molecular weight is 445 g/mol. The maximum atomic E-state index is 12.3. The van der Waals surface area contributed by atoms with E-state index in [0.717, 1.165) is 10.9 Å². The summed E-state index contributed by atoms with van der Waals surface area (Å²) in [4.78, 5) is 62.6. The maximum absolute atomic E-state index is 12.3. The van der Waals surface area contributed by atoms with E-state index in [9.17, 15) is 24.0 Å². The fourth-order valence-electron chi connectivity index (χ4n) is 2.89. The third kappa shape index (κ3) is 7.11. The Bertz CT molecular complexity index is 968. The second-order valence-electron chi connectivity index (χ2n) is 7.05. The van der Waals surface area contributed by atoms with Crippen molar-refractivity contribution in [3.05, 3.63) is 36.0 Å². The number of ether oxygens (including phenoxy) is 1. The summed E-state index contributed by atoms with van der Waals surface area (Å²) in [6.45, 7) is 2.91. The summed E-state index contributed by atoms with van der Waals surface area (Å²) in [5, 5.41) is 8.15. The first-order chi connectivity index (χ1) is 15.2. The fourth-order valence-corrected chi connectivity index (χ4v) is 2.89. The molecule has 11 nitrogen and oxygen atoms in total. The molecule has 11 heteroatoms. The molecule has 0 bridgehead atoms. The minimum atomic E-state index is -1.09. The van der Waals surface area contributed by atoms with Gasteiger partial charge in [-0.25, -0.2) is 0 Å². The lowest BCUT2D eigenvalue weighted by Crippen LogP contribution is -2.53. The van der Waals surface area contributed by atoms with Gasteiger partial charge in [0.2, 0.25) is 17.7 Å². The molecule has 0 spiro atoms. The summed E-state index contributed by atoms with van der Waals surface area (Å²) >= 11 is 0. The summed E-state index contributed by atoms with van der Waals surface area (Å²) < 4.78 is 4.77. The number of carbonyl (C=O) groups is 5. The van der Waals surface area contributed by atoms with Crippen LogP contribution in [-0.2, 0) is 23.9 Å². The summed E-state index contributed by atoms with van der Waals surface area (Å²) in [5.41, 5.74) is 6.36. The van der Waals surface area contributed by atoms with Gasteiger partial charge in [0.25, 0.3) is 5.91 Å². The number of H-pyrrole nitrogens is 1. The zero-order valence-corrected chi connectivity index (χ0v) is 17.9. The number of aromatic nitrogens is 1. The first-order valence-electron chi connectivity index (χ1n) is 10.1. The Morgan fingerprint density at radius 1 is 1.12 bits per heavy atom. The Labute approximate surface area is 184 Å². The van der Waals surface area contributed by atoms with Crippen molar-refractivity contribution in [2.24, 2.45) is 5.73 Å². The van der Waals surface area contributed by atoms with Crippen LogP contribution in [0.15, 0.2) is 30.3 Å². The molecule has 0 fully saturated rings. The zero-order chi connectivity index (χ0) is 23.7. The first-order valence-corrected chi connectivity index (χ1v) is 10.1. The van der Waals surface area contributed by atoms with Crippen LogP contribution in [0.2, 0.25) is 0 Å². The van der Waals surface area contributed by atoms with E-state index in [2.05, 4.69) is 20.9 Å². The van der Waals surface area contributed by atoms with E-state index < -0.39 is 41.7 Å². The molecule has 0 unspecified atom stereocenters. The van der Waals surface area contributed by atoms with Gasteiger partial charge >= 0.3 is 5.97 Å². The number of benzene rings is 1. The van der Waals surface area contributed by atoms with Gasteiger partial charge in [0, 0.05) is 17.3 Å². The number of nitrogens with one attached hydrogen (secondary N) is 4. The molecule has 4 amide bonds. The van der Waals surface area contributed by atoms with Crippen molar-refractivity contribution in [1.82, 2.24) is 20.9 Å². The van der Waals surface area contributed by atoms with E-state index in [-0.39, 0.29) is 26.0 Å². The summed E-state index contributed by atoms with van der Waals surface area (Å²) in [7, 11) is 0. The standard InChI is InChI=1S/C21H27N5O6/c1-3-32-18(28)9-8-15(19(22)29)26-20(30)12(2)24-17(27)11-23-21(31)16-10-13-6-4-5-7-14(13)25-16/h4-7,10,12,15,25H,3,8-9,11H2,1-2H3,(H2,22,29)(H,23,31)(H,24,27)(H,26,30)/t12-,15+/m0/s1. The number of rotatable bonds is 11. The molecule has 0 aliphatic rings. The van der Waals surface area contributed by atoms with E-state index >= 15 is 0 Å². The molecule has 32 heavy (non-hydrogen) atoms. The molecule has 6 N–H and O–H groups in total. The third-order valence-electron chi connectivity index (χ3n) is 4.56. The Morgan fingerprint density at radius 3 is 2.50 bits per heavy atom. The quantitative estimate of drug-likeness (QED) is 0.297. The van der Waals surface area contributed by atoms with E-state index in [0.29, 0.717) is 5.69 Å². The average Bonchev–Trinajstić information content (AvgIpc) is 3.19. The molecular formula is C21H27N5O6. The third-order valence-corrected chi connectivity index (χ3v) is 4.56. The Morgan fingerprint density at radius 2 is 1.84 bits per heavy atom. The highest BCUT2D eigenvalue weighted by Gasteiger charge is 2.23. The molecule has 0 aliphatic carbocycles. The van der Waals surface area contributed by atoms with Crippen molar-refractivity contribution in [3.63, 3.8) is 0 Å². The van der Waals surface area contributed by atoms with Crippen LogP contribution in [-0.4, -0.2) is 59.8 Å². The molecule has 172 valence electrons. The molecule has 2 atom stereocenters. The number of hydrogen-bond acceptors (Lipinski definition) is 6. The SMILES string of the molecule is CCOC(=O)CC[C@@H](NC(=O)[C@H](C)NC(=O)CNC(=O)c1cc2ccccc2[nH]1)C(N)=O. The highest BCUT2D eigenvalue weighted by Crippen LogP contribution is 2.14. The van der Waals surface area contributed by atoms with E-state index in [1.807, 2.05) is 24.3 Å². The van der Waals surface area contributed by atoms with Crippen molar-refractivity contribution < 1.29 is 28.7 Å². The number of aromatic amines is 1. The number of fused-ring (bicyclic) bond motifs is 1. The summed E-state index contributed by atoms with van der Waals surface area (Å²) in [6, 6.07) is 6.92. The van der Waals surface area contributed by atoms with Crippen molar-refractivity contribution in [2.75, 3.05) is 13.2 Å². The van der Waals surface area contributed by atoms with E-state index in [1.54, 1.807) is 13.0 Å². The van der Waals surface area contributed by atoms with Gasteiger partial charge in [0.15, 0.2) is 0 Å². The minimum Gasteiger partial charge on any atom is -0.466 e. The number of carbonyl (C=O) groups excluding carboxylic acids is 5. The van der Waals surface area contributed by atoms with Gasteiger partial charge in [0.05, 0.1) is 13.2 Å². The molecule has 0 radical (unpaired) electrons. The molecule has 2 aromatic rings. The van der Waals surface area contributed by atoms with Crippen LogP contribution in [0.25, 0.3) is 10.9 Å². The lowest BCUT2D eigenvalue weighted by Gasteiger charge is -2.19. The number of nitrogens with two attached hydrogens (primary N) is 1.